The lowest BCUT2D eigenvalue weighted by molar-refractivity contribution is 0.406. The van der Waals surface area contributed by atoms with E-state index in [1.165, 1.54) is 0 Å². The monoisotopic (exact) mass is 166 g/mol. The maximum Gasteiger partial charge on any atom is 0.123 e. The van der Waals surface area contributed by atoms with Crippen LogP contribution in [0.2, 0.25) is 0 Å². The molecule has 0 bridgehead atoms. The molecule has 1 unspecified atom stereocenters. The third-order valence-electron chi connectivity index (χ3n) is 1.79. The number of hydrogen-bond acceptors (Lipinski definition) is 3. The fourth-order valence-electron chi connectivity index (χ4n) is 1.10. The minimum absolute atomic E-state index is 0.138. The summed E-state index contributed by atoms with van der Waals surface area (Å²) in [5.41, 5.74) is 12.2. The second-order valence-electron chi connectivity index (χ2n) is 2.58. The van der Waals surface area contributed by atoms with Crippen LogP contribution in [0.3, 0.4) is 0 Å². The van der Waals surface area contributed by atoms with Crippen LogP contribution in [0.25, 0.3) is 0 Å². The molecule has 0 saturated heterocycles. The predicted octanol–water partition coefficient (Wildman–Crippen LogP) is 0.654. The molecule has 0 amide bonds. The third kappa shape index (κ3) is 1.75. The zero-order chi connectivity index (χ0) is 8.97. The Balaban J connectivity index is 2.96. The molecule has 0 aliphatic rings. The van der Waals surface area contributed by atoms with Crippen molar-refractivity contribution in [1.82, 2.24) is 0 Å². The molecule has 1 rings (SSSR count). The van der Waals surface area contributed by atoms with Crippen molar-refractivity contribution in [3.05, 3.63) is 29.8 Å². The average Bonchev–Trinajstić information content (AvgIpc) is 2.16. The van der Waals surface area contributed by atoms with E-state index in [9.17, 15) is 0 Å². The molecule has 3 heteroatoms. The largest absolute Gasteiger partial charge is 0.496 e. The van der Waals surface area contributed by atoms with Crippen LogP contribution in [-0.2, 0) is 0 Å². The van der Waals surface area contributed by atoms with E-state index in [-0.39, 0.29) is 6.04 Å². The van der Waals surface area contributed by atoms with Crippen LogP contribution in [0, 0.1) is 0 Å². The first-order valence-corrected chi connectivity index (χ1v) is 3.88. The normalized spacial score (nSPS) is 12.6. The predicted molar refractivity (Wildman–Crippen MR) is 49.0 cm³/mol. The molecule has 0 radical (unpaired) electrons. The smallest absolute Gasteiger partial charge is 0.123 e. The highest BCUT2D eigenvalue weighted by Crippen LogP contribution is 2.21. The fraction of sp³-hybridized carbons (Fsp3) is 0.333. The van der Waals surface area contributed by atoms with Gasteiger partial charge in [0.05, 0.1) is 7.11 Å². The lowest BCUT2D eigenvalue weighted by Gasteiger charge is -2.12. The lowest BCUT2D eigenvalue weighted by Crippen LogP contribution is -2.21. The maximum atomic E-state index is 5.77. The lowest BCUT2D eigenvalue weighted by atomic mass is 10.1. The summed E-state index contributed by atoms with van der Waals surface area (Å²) in [6.45, 7) is 0.431. The second kappa shape index (κ2) is 4.09. The van der Waals surface area contributed by atoms with E-state index in [0.29, 0.717) is 6.54 Å². The Morgan fingerprint density at radius 3 is 2.67 bits per heavy atom. The van der Waals surface area contributed by atoms with Gasteiger partial charge in [0, 0.05) is 18.2 Å². The Morgan fingerprint density at radius 2 is 2.08 bits per heavy atom. The highest BCUT2D eigenvalue weighted by Gasteiger charge is 2.08. The van der Waals surface area contributed by atoms with Crippen molar-refractivity contribution in [2.75, 3.05) is 13.7 Å². The number of para-hydroxylation sites is 1. The van der Waals surface area contributed by atoms with E-state index in [4.69, 9.17) is 16.2 Å². The molecule has 0 spiro atoms. The average molecular weight is 166 g/mol. The molecule has 1 aromatic carbocycles. The van der Waals surface area contributed by atoms with E-state index in [2.05, 4.69) is 0 Å². The molecule has 0 fully saturated rings. The summed E-state index contributed by atoms with van der Waals surface area (Å²) >= 11 is 0. The van der Waals surface area contributed by atoms with E-state index in [1.54, 1.807) is 7.11 Å². The molecule has 66 valence electrons. The Kier molecular flexibility index (Phi) is 3.08. The van der Waals surface area contributed by atoms with Gasteiger partial charge in [-0.3, -0.25) is 0 Å². The molecule has 0 aliphatic carbocycles. The maximum absolute atomic E-state index is 5.77. The third-order valence-corrected chi connectivity index (χ3v) is 1.79. The van der Waals surface area contributed by atoms with Crippen LogP contribution < -0.4 is 16.2 Å². The number of methoxy groups -OCH3 is 1. The summed E-state index contributed by atoms with van der Waals surface area (Å²) < 4.78 is 5.13. The molecule has 1 atom stereocenters. The Hall–Kier alpha value is -1.06. The van der Waals surface area contributed by atoms with Gasteiger partial charge in [-0.05, 0) is 6.07 Å². The quantitative estimate of drug-likeness (QED) is 0.693. The van der Waals surface area contributed by atoms with Gasteiger partial charge in [0.2, 0.25) is 0 Å². The standard InChI is InChI=1S/C9H14N2O/c1-12-9-5-3-2-4-7(9)8(11)6-10/h2-5,8H,6,10-11H2,1H3. The van der Waals surface area contributed by atoms with E-state index >= 15 is 0 Å². The van der Waals surface area contributed by atoms with Gasteiger partial charge in [-0.1, -0.05) is 18.2 Å². The Morgan fingerprint density at radius 1 is 1.42 bits per heavy atom. The first kappa shape index (κ1) is 9.03. The summed E-state index contributed by atoms with van der Waals surface area (Å²) in [5, 5.41) is 0. The van der Waals surface area contributed by atoms with Crippen molar-refractivity contribution < 1.29 is 4.74 Å². The highest BCUT2D eigenvalue weighted by molar-refractivity contribution is 5.35. The van der Waals surface area contributed by atoms with Crippen LogP contribution in [0.15, 0.2) is 24.3 Å². The summed E-state index contributed by atoms with van der Waals surface area (Å²) in [7, 11) is 1.63. The van der Waals surface area contributed by atoms with E-state index in [1.807, 2.05) is 24.3 Å². The van der Waals surface area contributed by atoms with Crippen molar-refractivity contribution in [1.29, 1.82) is 0 Å². The van der Waals surface area contributed by atoms with Crippen LogP contribution in [0.1, 0.15) is 11.6 Å². The topological polar surface area (TPSA) is 61.3 Å². The van der Waals surface area contributed by atoms with Crippen LogP contribution in [0.4, 0.5) is 0 Å². The van der Waals surface area contributed by atoms with Crippen molar-refractivity contribution in [2.45, 2.75) is 6.04 Å². The van der Waals surface area contributed by atoms with Crippen LogP contribution in [0.5, 0.6) is 5.75 Å². The molecule has 12 heavy (non-hydrogen) atoms. The van der Waals surface area contributed by atoms with Gasteiger partial charge in [0.15, 0.2) is 0 Å². The number of hydrogen-bond donors (Lipinski definition) is 2. The van der Waals surface area contributed by atoms with Gasteiger partial charge in [-0.15, -0.1) is 0 Å². The van der Waals surface area contributed by atoms with Crippen LogP contribution >= 0.6 is 0 Å². The summed E-state index contributed by atoms with van der Waals surface area (Å²) in [4.78, 5) is 0. The summed E-state index contributed by atoms with van der Waals surface area (Å²) in [6, 6.07) is 7.50. The summed E-state index contributed by atoms with van der Waals surface area (Å²) in [6.07, 6.45) is 0. The van der Waals surface area contributed by atoms with E-state index < -0.39 is 0 Å². The second-order valence-corrected chi connectivity index (χ2v) is 2.58. The van der Waals surface area contributed by atoms with Gasteiger partial charge < -0.3 is 16.2 Å². The molecule has 0 aromatic heterocycles. The Labute approximate surface area is 72.3 Å². The fourth-order valence-corrected chi connectivity index (χ4v) is 1.10. The van der Waals surface area contributed by atoms with Crippen molar-refractivity contribution >= 4 is 0 Å². The first-order valence-electron chi connectivity index (χ1n) is 3.88. The molecule has 1 aromatic rings. The van der Waals surface area contributed by atoms with Crippen molar-refractivity contribution in [2.24, 2.45) is 11.5 Å². The first-order chi connectivity index (χ1) is 5.79. The molecular weight excluding hydrogens is 152 g/mol. The van der Waals surface area contributed by atoms with Gasteiger partial charge >= 0.3 is 0 Å². The Bertz CT molecular complexity index is 250. The van der Waals surface area contributed by atoms with Crippen molar-refractivity contribution in [3.63, 3.8) is 0 Å². The number of ether oxygens (including phenoxy) is 1. The molecule has 0 saturated carbocycles. The zero-order valence-corrected chi connectivity index (χ0v) is 7.16. The van der Waals surface area contributed by atoms with Crippen LogP contribution in [-0.4, -0.2) is 13.7 Å². The number of benzene rings is 1. The minimum Gasteiger partial charge on any atom is -0.496 e. The van der Waals surface area contributed by atoms with Crippen molar-refractivity contribution in [3.8, 4) is 5.75 Å². The zero-order valence-electron chi connectivity index (χ0n) is 7.16. The molecular formula is C9H14N2O. The molecule has 4 N–H and O–H groups in total. The highest BCUT2D eigenvalue weighted by atomic mass is 16.5. The molecule has 0 aliphatic heterocycles. The van der Waals surface area contributed by atoms with Gasteiger partial charge in [-0.2, -0.15) is 0 Å². The SMILES string of the molecule is COc1ccccc1C(N)CN. The van der Waals surface area contributed by atoms with Gasteiger partial charge in [-0.25, -0.2) is 0 Å². The summed E-state index contributed by atoms with van der Waals surface area (Å²) in [5.74, 6) is 0.801. The van der Waals surface area contributed by atoms with Gasteiger partial charge in [0.1, 0.15) is 5.75 Å². The number of rotatable bonds is 3. The van der Waals surface area contributed by atoms with E-state index in [0.717, 1.165) is 11.3 Å². The molecule has 0 heterocycles. The number of nitrogens with two attached hydrogens (primary N) is 2. The molecule has 3 nitrogen and oxygen atoms in total. The minimum atomic E-state index is -0.138. The van der Waals surface area contributed by atoms with Gasteiger partial charge in [0.25, 0.3) is 0 Å².